The number of halogens is 3. The molecule has 0 amide bonds. The fourth-order valence-electron chi connectivity index (χ4n) is 6.23. The number of morpholine rings is 2. The maximum atomic E-state index is 14.2. The van der Waals surface area contributed by atoms with Gasteiger partial charge in [-0.3, -0.25) is 0 Å². The van der Waals surface area contributed by atoms with Crippen LogP contribution in [0.4, 0.5) is 20.3 Å². The summed E-state index contributed by atoms with van der Waals surface area (Å²) in [6, 6.07) is 3.29. The fraction of sp³-hybridized carbons (Fsp3) is 0.640. The van der Waals surface area contributed by atoms with Crippen LogP contribution in [0.2, 0.25) is 0 Å². The molecule has 0 spiro atoms. The third kappa shape index (κ3) is 4.25. The summed E-state index contributed by atoms with van der Waals surface area (Å²) in [5.41, 5.74) is 1.33. The quantitative estimate of drug-likeness (QED) is 0.390. The largest absolute Gasteiger partial charge is 0.377 e. The summed E-state index contributed by atoms with van der Waals surface area (Å²) < 4.78 is 49.8. The molecule has 204 valence electrons. The third-order valence-corrected chi connectivity index (χ3v) is 8.85. The summed E-state index contributed by atoms with van der Waals surface area (Å²) in [4.78, 5) is 9.23. The molecule has 0 aliphatic carbocycles. The lowest BCUT2D eigenvalue weighted by molar-refractivity contribution is -0.0395. The molecule has 38 heavy (non-hydrogen) atoms. The zero-order valence-electron chi connectivity index (χ0n) is 20.9. The van der Waals surface area contributed by atoms with Crippen LogP contribution in [0.15, 0.2) is 18.3 Å². The van der Waals surface area contributed by atoms with Crippen molar-refractivity contribution in [2.24, 2.45) is 0 Å². The van der Waals surface area contributed by atoms with Gasteiger partial charge >= 0.3 is 0 Å². The van der Waals surface area contributed by atoms with Crippen LogP contribution in [0, 0.1) is 3.70 Å². The number of fused-ring (bicyclic) bond motifs is 3. The van der Waals surface area contributed by atoms with Crippen molar-refractivity contribution in [1.29, 1.82) is 0 Å². The number of nitrogens with zero attached hydrogens (tertiary/aromatic N) is 7. The van der Waals surface area contributed by atoms with E-state index in [1.165, 1.54) is 0 Å². The Morgan fingerprint density at radius 2 is 1.82 bits per heavy atom. The number of hydrogen-bond acceptors (Lipinski definition) is 8. The smallest absolute Gasteiger partial charge is 0.260 e. The molecule has 7 rings (SSSR count). The van der Waals surface area contributed by atoms with Gasteiger partial charge in [-0.15, -0.1) is 0 Å². The van der Waals surface area contributed by atoms with Crippen molar-refractivity contribution in [2.75, 3.05) is 49.4 Å². The van der Waals surface area contributed by atoms with Gasteiger partial charge in [0.2, 0.25) is 0 Å². The standard InChI is InChI=1S/C25H30F2IN7O3/c26-23(27)18-14-36-10-8-32(18)17-11-20(34-15-4-5-16(34)13-37-12-15)29-25-22(17)24(28)31-35(25)19-6-7-33(30-19)21-3-1-2-9-38-21/h6-7,11,15-16,18,21,23H,1-5,8-10,12-14H2/t15?,16?,18-,21?/m0/s1. The highest BCUT2D eigenvalue weighted by molar-refractivity contribution is 14.1. The van der Waals surface area contributed by atoms with Crippen LogP contribution in [0.1, 0.15) is 38.3 Å². The summed E-state index contributed by atoms with van der Waals surface area (Å²) in [6.07, 6.45) is 4.40. The molecule has 13 heteroatoms. The Morgan fingerprint density at radius 3 is 2.58 bits per heavy atom. The molecule has 2 bridgehead atoms. The van der Waals surface area contributed by atoms with E-state index in [1.54, 1.807) is 9.58 Å². The van der Waals surface area contributed by atoms with Crippen molar-refractivity contribution in [1.82, 2.24) is 24.5 Å². The average molecular weight is 641 g/mol. The molecule has 4 fully saturated rings. The van der Waals surface area contributed by atoms with Crippen molar-refractivity contribution in [3.8, 4) is 5.82 Å². The maximum absolute atomic E-state index is 14.2. The minimum atomic E-state index is -2.54. The second kappa shape index (κ2) is 10.1. The lowest BCUT2D eigenvalue weighted by Crippen LogP contribution is -2.50. The number of anilines is 2. The number of ether oxygens (including phenoxy) is 3. The third-order valence-electron chi connectivity index (χ3n) is 8.09. The summed E-state index contributed by atoms with van der Waals surface area (Å²) >= 11 is 2.18. The first-order valence-corrected chi connectivity index (χ1v) is 14.4. The predicted molar refractivity (Wildman–Crippen MR) is 144 cm³/mol. The van der Waals surface area contributed by atoms with Gasteiger partial charge in [-0.1, -0.05) is 0 Å². The fourth-order valence-corrected chi connectivity index (χ4v) is 6.96. The van der Waals surface area contributed by atoms with Crippen molar-refractivity contribution < 1.29 is 23.0 Å². The summed E-state index contributed by atoms with van der Waals surface area (Å²) in [5.74, 6) is 1.40. The van der Waals surface area contributed by atoms with E-state index >= 15 is 0 Å². The van der Waals surface area contributed by atoms with Gasteiger partial charge in [0.15, 0.2) is 11.5 Å². The summed E-state index contributed by atoms with van der Waals surface area (Å²) in [7, 11) is 0. The minimum Gasteiger partial charge on any atom is -0.377 e. The van der Waals surface area contributed by atoms with Crippen molar-refractivity contribution in [3.05, 3.63) is 22.0 Å². The topological polar surface area (TPSA) is 82.7 Å². The van der Waals surface area contributed by atoms with Crippen molar-refractivity contribution in [3.63, 3.8) is 0 Å². The first-order chi connectivity index (χ1) is 18.6. The van der Waals surface area contributed by atoms with E-state index in [2.05, 4.69) is 27.5 Å². The van der Waals surface area contributed by atoms with E-state index in [-0.39, 0.29) is 24.9 Å². The first-order valence-electron chi connectivity index (χ1n) is 13.3. The Hall–Kier alpha value is -2.10. The minimum absolute atomic E-state index is 0.0177. The Bertz CT molecular complexity index is 1300. The lowest BCUT2D eigenvalue weighted by Gasteiger charge is -2.39. The Balaban J connectivity index is 1.37. The van der Waals surface area contributed by atoms with Gasteiger partial charge in [-0.05, 0) is 54.7 Å². The number of rotatable bonds is 5. The van der Waals surface area contributed by atoms with Crippen LogP contribution in [-0.4, -0.2) is 88.7 Å². The molecule has 0 aromatic carbocycles. The van der Waals surface area contributed by atoms with E-state index in [0.29, 0.717) is 41.5 Å². The molecule has 7 heterocycles. The number of alkyl halides is 2. The number of aromatic nitrogens is 5. The molecule has 3 aromatic rings. The van der Waals surface area contributed by atoms with Gasteiger partial charge < -0.3 is 24.0 Å². The Morgan fingerprint density at radius 1 is 0.974 bits per heavy atom. The van der Waals surface area contributed by atoms with E-state index in [9.17, 15) is 8.78 Å². The normalized spacial score (nSPS) is 28.1. The van der Waals surface area contributed by atoms with Crippen LogP contribution in [0.5, 0.6) is 0 Å². The monoisotopic (exact) mass is 641 g/mol. The van der Waals surface area contributed by atoms with E-state index in [1.807, 2.05) is 23.0 Å². The van der Waals surface area contributed by atoms with Crippen LogP contribution in [-0.2, 0) is 14.2 Å². The zero-order valence-corrected chi connectivity index (χ0v) is 23.0. The highest BCUT2D eigenvalue weighted by Gasteiger charge is 2.40. The molecule has 0 saturated carbocycles. The first kappa shape index (κ1) is 24.9. The van der Waals surface area contributed by atoms with Crippen LogP contribution >= 0.6 is 22.6 Å². The summed E-state index contributed by atoms with van der Waals surface area (Å²) in [6.45, 7) is 2.76. The molecule has 10 nitrogen and oxygen atoms in total. The molecule has 4 aliphatic heterocycles. The SMILES string of the molecule is FC(F)[C@@H]1COCCN1c1cc(N2C3CCC2COC3)nc2c1c(I)nn2-c1ccn(C2CCCCO2)n1. The van der Waals surface area contributed by atoms with Crippen molar-refractivity contribution >= 4 is 45.1 Å². The van der Waals surface area contributed by atoms with Gasteiger partial charge in [0.1, 0.15) is 21.8 Å². The predicted octanol–water partition coefficient (Wildman–Crippen LogP) is 3.76. The van der Waals surface area contributed by atoms with Gasteiger partial charge in [-0.25, -0.2) is 18.4 Å². The molecule has 0 N–H and O–H groups in total. The zero-order chi connectivity index (χ0) is 25.8. The molecule has 4 aliphatic rings. The Kier molecular flexibility index (Phi) is 6.64. The van der Waals surface area contributed by atoms with E-state index in [4.69, 9.17) is 29.4 Å². The van der Waals surface area contributed by atoms with Crippen LogP contribution in [0.3, 0.4) is 0 Å². The number of pyridine rings is 1. The molecule has 4 atom stereocenters. The van der Waals surface area contributed by atoms with Crippen LogP contribution < -0.4 is 9.80 Å². The van der Waals surface area contributed by atoms with Crippen molar-refractivity contribution in [2.45, 2.75) is 62.9 Å². The van der Waals surface area contributed by atoms with Gasteiger partial charge in [-0.2, -0.15) is 14.9 Å². The number of hydrogen-bond donors (Lipinski definition) is 0. The lowest BCUT2D eigenvalue weighted by atomic mass is 10.1. The molecule has 3 unspecified atom stereocenters. The molecular weight excluding hydrogens is 611 g/mol. The van der Waals surface area contributed by atoms with E-state index in [0.717, 1.165) is 55.6 Å². The molecule has 0 radical (unpaired) electrons. The second-order valence-corrected chi connectivity index (χ2v) is 11.4. The molecule has 4 saturated heterocycles. The highest BCUT2D eigenvalue weighted by atomic mass is 127. The maximum Gasteiger partial charge on any atom is 0.260 e. The average Bonchev–Trinajstić information content (AvgIpc) is 3.63. The molecule has 3 aromatic heterocycles. The van der Waals surface area contributed by atoms with E-state index < -0.39 is 12.5 Å². The molecular formula is C25H30F2IN7O3. The van der Waals surface area contributed by atoms with Gasteiger partial charge in [0, 0.05) is 31.5 Å². The van der Waals surface area contributed by atoms with Crippen LogP contribution in [0.25, 0.3) is 16.9 Å². The second-order valence-electron chi connectivity index (χ2n) is 10.4. The summed E-state index contributed by atoms with van der Waals surface area (Å²) in [5, 5.41) is 10.4. The van der Waals surface area contributed by atoms with Gasteiger partial charge in [0.05, 0.1) is 49.6 Å². The van der Waals surface area contributed by atoms with Gasteiger partial charge in [0.25, 0.3) is 6.43 Å². The highest BCUT2D eigenvalue weighted by Crippen LogP contribution is 2.40. The Labute approximate surface area is 232 Å².